The van der Waals surface area contributed by atoms with Gasteiger partial charge in [0.05, 0.1) is 11.9 Å². The first kappa shape index (κ1) is 8.58. The van der Waals surface area contributed by atoms with Gasteiger partial charge in [-0.15, -0.1) is 0 Å². The topological polar surface area (TPSA) is 72.9 Å². The van der Waals surface area contributed by atoms with Crippen molar-refractivity contribution in [3.63, 3.8) is 0 Å². The highest BCUT2D eigenvalue weighted by Gasteiger charge is 1.98. The van der Waals surface area contributed by atoms with Crippen LogP contribution in [0.5, 0.6) is 0 Å². The summed E-state index contributed by atoms with van der Waals surface area (Å²) < 4.78 is 1.50. The molecule has 0 spiro atoms. The smallest absolute Gasteiger partial charge is 0.239 e. The average Bonchev–Trinajstić information content (AvgIpc) is 2.36. The van der Waals surface area contributed by atoms with Gasteiger partial charge in [-0.25, -0.2) is 0 Å². The minimum atomic E-state index is -0.388. The molecule has 0 saturated heterocycles. The molecule has 1 rings (SSSR count). The normalized spacial score (nSPS) is 9.75. The molecule has 0 aliphatic carbocycles. The van der Waals surface area contributed by atoms with E-state index in [1.54, 1.807) is 12.4 Å². The summed E-state index contributed by atoms with van der Waals surface area (Å²) in [7, 11) is 0. The van der Waals surface area contributed by atoms with Gasteiger partial charge in [0.1, 0.15) is 6.54 Å². The molecule has 1 heterocycles. The first-order chi connectivity index (χ1) is 5.72. The van der Waals surface area contributed by atoms with Gasteiger partial charge in [0.25, 0.3) is 0 Å². The van der Waals surface area contributed by atoms with E-state index in [2.05, 4.69) is 10.4 Å². The largest absolute Gasteiger partial charge is 0.383 e. The molecule has 12 heavy (non-hydrogen) atoms. The fraction of sp³-hybridized carbons (Fsp3) is 0.429. The van der Waals surface area contributed by atoms with Crippen LogP contribution in [0.15, 0.2) is 12.4 Å². The minimum absolute atomic E-state index is 0.130. The SMILES string of the molecule is CCNc1cnn(CC(N)=O)c1. The van der Waals surface area contributed by atoms with Gasteiger partial charge in [-0.2, -0.15) is 5.10 Å². The lowest BCUT2D eigenvalue weighted by atomic mass is 10.5. The molecule has 0 aliphatic heterocycles. The fourth-order valence-electron chi connectivity index (χ4n) is 0.905. The maximum atomic E-state index is 10.5. The van der Waals surface area contributed by atoms with Crippen LogP contribution in [0.3, 0.4) is 0 Å². The summed E-state index contributed by atoms with van der Waals surface area (Å²) in [5.41, 5.74) is 5.89. The number of aromatic nitrogens is 2. The molecule has 3 N–H and O–H groups in total. The Bertz CT molecular complexity index is 268. The Morgan fingerprint density at radius 2 is 2.58 bits per heavy atom. The number of carbonyl (C=O) groups excluding carboxylic acids is 1. The number of amides is 1. The van der Waals surface area contributed by atoms with Crippen LogP contribution < -0.4 is 11.1 Å². The average molecular weight is 168 g/mol. The maximum Gasteiger partial charge on any atom is 0.239 e. The second-order valence-corrected chi connectivity index (χ2v) is 2.42. The molecule has 66 valence electrons. The quantitative estimate of drug-likeness (QED) is 0.654. The van der Waals surface area contributed by atoms with E-state index in [-0.39, 0.29) is 12.5 Å². The van der Waals surface area contributed by atoms with Crippen molar-refractivity contribution in [3.05, 3.63) is 12.4 Å². The molecule has 0 unspecified atom stereocenters. The third kappa shape index (κ3) is 2.26. The monoisotopic (exact) mass is 168 g/mol. The van der Waals surface area contributed by atoms with Crippen molar-refractivity contribution in [1.29, 1.82) is 0 Å². The van der Waals surface area contributed by atoms with Crippen LogP contribution in [-0.2, 0) is 11.3 Å². The van der Waals surface area contributed by atoms with E-state index in [1.165, 1.54) is 4.68 Å². The molecule has 1 aromatic heterocycles. The summed E-state index contributed by atoms with van der Waals surface area (Å²) >= 11 is 0. The maximum absolute atomic E-state index is 10.5. The van der Waals surface area contributed by atoms with E-state index < -0.39 is 0 Å². The van der Waals surface area contributed by atoms with Crippen molar-refractivity contribution in [3.8, 4) is 0 Å². The molecule has 1 aromatic rings. The lowest BCUT2D eigenvalue weighted by Gasteiger charge is -1.96. The molecular formula is C7H12N4O. The Labute approximate surface area is 70.5 Å². The van der Waals surface area contributed by atoms with Crippen LogP contribution in [0.25, 0.3) is 0 Å². The molecule has 0 fully saturated rings. The number of nitrogens with zero attached hydrogens (tertiary/aromatic N) is 2. The van der Waals surface area contributed by atoms with Gasteiger partial charge in [0, 0.05) is 12.7 Å². The van der Waals surface area contributed by atoms with Gasteiger partial charge in [0.15, 0.2) is 0 Å². The Morgan fingerprint density at radius 1 is 1.83 bits per heavy atom. The van der Waals surface area contributed by atoms with Gasteiger partial charge < -0.3 is 11.1 Å². The number of primary amides is 1. The number of nitrogens with two attached hydrogens (primary N) is 1. The van der Waals surface area contributed by atoms with Crippen molar-refractivity contribution in [1.82, 2.24) is 9.78 Å². The Morgan fingerprint density at radius 3 is 3.17 bits per heavy atom. The van der Waals surface area contributed by atoms with Crippen molar-refractivity contribution in [2.45, 2.75) is 13.5 Å². The van der Waals surface area contributed by atoms with Crippen LogP contribution in [0, 0.1) is 0 Å². The number of nitrogens with one attached hydrogen (secondary N) is 1. The van der Waals surface area contributed by atoms with E-state index in [4.69, 9.17) is 5.73 Å². The van der Waals surface area contributed by atoms with E-state index in [1.807, 2.05) is 6.92 Å². The predicted molar refractivity (Wildman–Crippen MR) is 45.6 cm³/mol. The second-order valence-electron chi connectivity index (χ2n) is 2.42. The summed E-state index contributed by atoms with van der Waals surface area (Å²) in [4.78, 5) is 10.5. The van der Waals surface area contributed by atoms with Crippen LogP contribution in [-0.4, -0.2) is 22.2 Å². The van der Waals surface area contributed by atoms with E-state index in [9.17, 15) is 4.79 Å². The summed E-state index contributed by atoms with van der Waals surface area (Å²) in [6, 6.07) is 0. The third-order valence-electron chi connectivity index (χ3n) is 1.33. The molecule has 0 atom stereocenters. The number of hydrogen-bond donors (Lipinski definition) is 2. The molecule has 0 aromatic carbocycles. The number of carbonyl (C=O) groups is 1. The molecule has 0 aliphatic rings. The first-order valence-corrected chi connectivity index (χ1v) is 3.77. The van der Waals surface area contributed by atoms with Crippen molar-refractivity contribution in [2.24, 2.45) is 5.73 Å². The molecular weight excluding hydrogens is 156 g/mol. The van der Waals surface area contributed by atoms with Crippen LogP contribution in [0.1, 0.15) is 6.92 Å². The van der Waals surface area contributed by atoms with Crippen LogP contribution >= 0.6 is 0 Å². The minimum Gasteiger partial charge on any atom is -0.383 e. The summed E-state index contributed by atoms with van der Waals surface area (Å²) in [5, 5.41) is 6.99. The molecule has 0 radical (unpaired) electrons. The standard InChI is InChI=1S/C7H12N4O/c1-2-9-6-3-10-11(4-6)5-7(8)12/h3-4,9H,2,5H2,1H3,(H2,8,12). The zero-order valence-electron chi connectivity index (χ0n) is 6.95. The van der Waals surface area contributed by atoms with E-state index in [0.717, 1.165) is 12.2 Å². The van der Waals surface area contributed by atoms with Gasteiger partial charge in [-0.1, -0.05) is 0 Å². The van der Waals surface area contributed by atoms with Crippen LogP contribution in [0.4, 0.5) is 5.69 Å². The number of anilines is 1. The van der Waals surface area contributed by atoms with Crippen molar-refractivity contribution < 1.29 is 4.79 Å². The summed E-state index contributed by atoms with van der Waals surface area (Å²) in [6.07, 6.45) is 3.40. The van der Waals surface area contributed by atoms with Gasteiger partial charge in [-0.05, 0) is 6.92 Å². The van der Waals surface area contributed by atoms with Crippen molar-refractivity contribution in [2.75, 3.05) is 11.9 Å². The zero-order valence-corrected chi connectivity index (χ0v) is 6.95. The molecule has 1 amide bonds. The molecule has 0 bridgehead atoms. The molecule has 5 heteroatoms. The fourth-order valence-corrected chi connectivity index (χ4v) is 0.905. The number of hydrogen-bond acceptors (Lipinski definition) is 3. The van der Waals surface area contributed by atoms with Crippen LogP contribution in [0.2, 0.25) is 0 Å². The summed E-state index contributed by atoms with van der Waals surface area (Å²) in [6.45, 7) is 2.96. The highest BCUT2D eigenvalue weighted by molar-refractivity contribution is 5.73. The lowest BCUT2D eigenvalue weighted by Crippen LogP contribution is -2.18. The Hall–Kier alpha value is -1.52. The number of rotatable bonds is 4. The third-order valence-corrected chi connectivity index (χ3v) is 1.33. The Kier molecular flexibility index (Phi) is 2.68. The highest BCUT2D eigenvalue weighted by Crippen LogP contribution is 2.02. The molecule has 5 nitrogen and oxygen atoms in total. The van der Waals surface area contributed by atoms with Gasteiger partial charge in [-0.3, -0.25) is 9.48 Å². The molecule has 0 saturated carbocycles. The van der Waals surface area contributed by atoms with Crippen molar-refractivity contribution >= 4 is 11.6 Å². The van der Waals surface area contributed by atoms with Gasteiger partial charge >= 0.3 is 0 Å². The Balaban J connectivity index is 2.58. The second kappa shape index (κ2) is 3.75. The first-order valence-electron chi connectivity index (χ1n) is 3.77. The zero-order chi connectivity index (χ0) is 8.97. The highest BCUT2D eigenvalue weighted by atomic mass is 16.1. The van der Waals surface area contributed by atoms with E-state index in [0.29, 0.717) is 0 Å². The predicted octanol–water partition coefficient (Wildman–Crippen LogP) is -0.200. The summed E-state index contributed by atoms with van der Waals surface area (Å²) in [5.74, 6) is -0.388. The lowest BCUT2D eigenvalue weighted by molar-refractivity contribution is -0.118. The van der Waals surface area contributed by atoms with E-state index >= 15 is 0 Å². The van der Waals surface area contributed by atoms with Gasteiger partial charge in [0.2, 0.25) is 5.91 Å².